The van der Waals surface area contributed by atoms with E-state index in [0.717, 1.165) is 17.1 Å². The van der Waals surface area contributed by atoms with Crippen LogP contribution in [0.2, 0.25) is 0 Å². The SMILES string of the molecule is CCOC(=O)c1sc(C(N)C(C)(C)C)nc1CC(C)C. The highest BCUT2D eigenvalue weighted by molar-refractivity contribution is 7.13. The van der Waals surface area contributed by atoms with Crippen molar-refractivity contribution in [2.75, 3.05) is 6.61 Å². The molecule has 0 aliphatic rings. The Balaban J connectivity index is 3.14. The van der Waals surface area contributed by atoms with Crippen LogP contribution < -0.4 is 5.73 Å². The summed E-state index contributed by atoms with van der Waals surface area (Å²) in [6, 6.07) is -0.179. The van der Waals surface area contributed by atoms with Crippen LogP contribution in [0.3, 0.4) is 0 Å². The van der Waals surface area contributed by atoms with Crippen molar-refractivity contribution in [1.82, 2.24) is 4.98 Å². The van der Waals surface area contributed by atoms with Crippen molar-refractivity contribution in [2.24, 2.45) is 17.1 Å². The van der Waals surface area contributed by atoms with E-state index in [1.165, 1.54) is 11.3 Å². The van der Waals surface area contributed by atoms with Crippen molar-refractivity contribution < 1.29 is 9.53 Å². The molecule has 0 saturated heterocycles. The number of carbonyl (C=O) groups is 1. The van der Waals surface area contributed by atoms with Gasteiger partial charge >= 0.3 is 5.97 Å². The molecule has 0 aliphatic heterocycles. The topological polar surface area (TPSA) is 65.2 Å². The van der Waals surface area contributed by atoms with Crippen molar-refractivity contribution in [2.45, 2.75) is 54.0 Å². The Morgan fingerprint density at radius 3 is 2.45 bits per heavy atom. The Morgan fingerprint density at radius 2 is 2.00 bits per heavy atom. The van der Waals surface area contributed by atoms with Gasteiger partial charge in [0, 0.05) is 0 Å². The molecule has 4 nitrogen and oxygen atoms in total. The van der Waals surface area contributed by atoms with Crippen LogP contribution in [0.4, 0.5) is 0 Å². The van der Waals surface area contributed by atoms with E-state index in [1.807, 2.05) is 6.92 Å². The molecule has 1 aromatic rings. The maximum absolute atomic E-state index is 12.0. The third-order valence-electron chi connectivity index (χ3n) is 2.98. The van der Waals surface area contributed by atoms with E-state index in [0.29, 0.717) is 17.4 Å². The predicted molar refractivity (Wildman–Crippen MR) is 83.0 cm³/mol. The van der Waals surface area contributed by atoms with E-state index in [9.17, 15) is 4.79 Å². The van der Waals surface area contributed by atoms with Crippen LogP contribution in [0, 0.1) is 11.3 Å². The zero-order chi connectivity index (χ0) is 15.5. The van der Waals surface area contributed by atoms with Gasteiger partial charge in [-0.1, -0.05) is 34.6 Å². The molecular weight excluding hydrogens is 272 g/mol. The molecule has 0 aliphatic carbocycles. The van der Waals surface area contributed by atoms with Crippen molar-refractivity contribution in [1.29, 1.82) is 0 Å². The molecule has 0 saturated carbocycles. The fraction of sp³-hybridized carbons (Fsp3) is 0.733. The predicted octanol–water partition coefficient (Wildman–Crippen LogP) is 3.56. The van der Waals surface area contributed by atoms with Gasteiger partial charge in [0.1, 0.15) is 9.88 Å². The first-order valence-electron chi connectivity index (χ1n) is 7.09. The number of carbonyl (C=O) groups excluding carboxylic acids is 1. The van der Waals surface area contributed by atoms with E-state index in [-0.39, 0.29) is 17.4 Å². The molecule has 5 heteroatoms. The van der Waals surface area contributed by atoms with Crippen LogP contribution in [0.25, 0.3) is 0 Å². The highest BCUT2D eigenvalue weighted by Gasteiger charge is 2.28. The monoisotopic (exact) mass is 298 g/mol. The van der Waals surface area contributed by atoms with Gasteiger partial charge in [-0.15, -0.1) is 11.3 Å². The number of hydrogen-bond acceptors (Lipinski definition) is 5. The largest absolute Gasteiger partial charge is 0.462 e. The number of nitrogens with two attached hydrogens (primary N) is 1. The normalized spacial score (nSPS) is 13.6. The van der Waals surface area contributed by atoms with Gasteiger partial charge in [-0.2, -0.15) is 0 Å². The number of rotatable bonds is 5. The quantitative estimate of drug-likeness (QED) is 0.844. The highest BCUT2D eigenvalue weighted by atomic mass is 32.1. The van der Waals surface area contributed by atoms with E-state index in [1.54, 1.807) is 0 Å². The van der Waals surface area contributed by atoms with Crippen LogP contribution in [-0.2, 0) is 11.2 Å². The van der Waals surface area contributed by atoms with E-state index in [2.05, 4.69) is 39.6 Å². The van der Waals surface area contributed by atoms with E-state index < -0.39 is 0 Å². The Bertz CT molecular complexity index is 461. The number of ether oxygens (including phenoxy) is 1. The van der Waals surface area contributed by atoms with Crippen LogP contribution >= 0.6 is 11.3 Å². The maximum Gasteiger partial charge on any atom is 0.350 e. The summed E-state index contributed by atoms with van der Waals surface area (Å²) in [7, 11) is 0. The Labute approximate surface area is 125 Å². The molecule has 0 bridgehead atoms. The second kappa shape index (κ2) is 6.68. The lowest BCUT2D eigenvalue weighted by atomic mass is 9.88. The smallest absolute Gasteiger partial charge is 0.350 e. The minimum atomic E-state index is -0.284. The summed E-state index contributed by atoms with van der Waals surface area (Å²) in [5.41, 5.74) is 6.99. The summed E-state index contributed by atoms with van der Waals surface area (Å²) in [6.45, 7) is 12.6. The van der Waals surface area contributed by atoms with Gasteiger partial charge in [-0.05, 0) is 24.7 Å². The summed E-state index contributed by atoms with van der Waals surface area (Å²) in [5, 5.41) is 0.816. The van der Waals surface area contributed by atoms with Crippen molar-refractivity contribution in [3.05, 3.63) is 15.6 Å². The molecule has 1 heterocycles. The first kappa shape index (κ1) is 17.1. The minimum absolute atomic E-state index is 0.0844. The zero-order valence-corrected chi connectivity index (χ0v) is 14.1. The number of thiazole rings is 1. The molecule has 20 heavy (non-hydrogen) atoms. The summed E-state index contributed by atoms with van der Waals surface area (Å²) in [5.74, 6) is 0.150. The molecule has 0 amide bonds. The average molecular weight is 298 g/mol. The first-order chi connectivity index (χ1) is 9.16. The molecule has 1 rings (SSSR count). The van der Waals surface area contributed by atoms with Crippen molar-refractivity contribution in [3.63, 3.8) is 0 Å². The average Bonchev–Trinajstić information content (AvgIpc) is 2.70. The van der Waals surface area contributed by atoms with Crippen LogP contribution in [-0.4, -0.2) is 17.6 Å². The van der Waals surface area contributed by atoms with Crippen LogP contribution in [0.1, 0.15) is 68.0 Å². The fourth-order valence-corrected chi connectivity index (χ4v) is 2.99. The van der Waals surface area contributed by atoms with Gasteiger partial charge in [-0.25, -0.2) is 9.78 Å². The second-order valence-electron chi connectivity index (χ2n) is 6.49. The van der Waals surface area contributed by atoms with Gasteiger partial charge < -0.3 is 10.5 Å². The van der Waals surface area contributed by atoms with Gasteiger partial charge in [-0.3, -0.25) is 0 Å². The lowest BCUT2D eigenvalue weighted by molar-refractivity contribution is 0.0530. The standard InChI is InChI=1S/C15H26N2O2S/c1-7-19-14(18)11-10(8-9(2)3)17-13(20-11)12(16)15(4,5)6/h9,12H,7-8,16H2,1-6H3. The van der Waals surface area contributed by atoms with Crippen molar-refractivity contribution in [3.8, 4) is 0 Å². The number of esters is 1. The molecule has 1 unspecified atom stereocenters. The van der Waals surface area contributed by atoms with Gasteiger partial charge in [0.05, 0.1) is 18.3 Å². The maximum atomic E-state index is 12.0. The summed E-state index contributed by atoms with van der Waals surface area (Å²) >= 11 is 1.37. The molecule has 0 radical (unpaired) electrons. The van der Waals surface area contributed by atoms with Gasteiger partial charge in [0.2, 0.25) is 0 Å². The molecule has 2 N–H and O–H groups in total. The molecule has 0 aromatic carbocycles. The Hall–Kier alpha value is -0.940. The Kier molecular flexibility index (Phi) is 5.71. The lowest BCUT2D eigenvalue weighted by Crippen LogP contribution is -2.26. The molecular formula is C15H26N2O2S. The fourth-order valence-electron chi connectivity index (χ4n) is 1.75. The molecule has 0 spiro atoms. The Morgan fingerprint density at radius 1 is 1.40 bits per heavy atom. The summed E-state index contributed by atoms with van der Waals surface area (Å²) in [6.07, 6.45) is 0.765. The molecule has 0 fully saturated rings. The number of hydrogen-bond donors (Lipinski definition) is 1. The number of nitrogens with zero attached hydrogens (tertiary/aromatic N) is 1. The molecule has 1 atom stereocenters. The van der Waals surface area contributed by atoms with E-state index in [4.69, 9.17) is 10.5 Å². The molecule has 114 valence electrons. The first-order valence-corrected chi connectivity index (χ1v) is 7.90. The van der Waals surface area contributed by atoms with Gasteiger partial charge in [0.15, 0.2) is 0 Å². The van der Waals surface area contributed by atoms with Crippen molar-refractivity contribution >= 4 is 17.3 Å². The minimum Gasteiger partial charge on any atom is -0.462 e. The zero-order valence-electron chi connectivity index (χ0n) is 13.3. The third kappa shape index (κ3) is 4.28. The highest BCUT2D eigenvalue weighted by Crippen LogP contribution is 2.34. The van der Waals surface area contributed by atoms with Gasteiger partial charge in [0.25, 0.3) is 0 Å². The summed E-state index contributed by atoms with van der Waals surface area (Å²) < 4.78 is 5.12. The van der Waals surface area contributed by atoms with E-state index >= 15 is 0 Å². The van der Waals surface area contributed by atoms with Crippen LogP contribution in [0.15, 0.2) is 0 Å². The second-order valence-corrected chi connectivity index (χ2v) is 7.52. The number of aromatic nitrogens is 1. The third-order valence-corrected chi connectivity index (χ3v) is 4.14. The molecule has 1 aromatic heterocycles. The van der Waals surface area contributed by atoms with Crippen LogP contribution in [0.5, 0.6) is 0 Å². The lowest BCUT2D eigenvalue weighted by Gasteiger charge is -2.24. The summed E-state index contributed by atoms with van der Waals surface area (Å²) in [4.78, 5) is 17.3.